The smallest absolute Gasteiger partial charge is 0.407 e. The number of nitrogens with one attached hydrogen (secondary N) is 16. The normalized spacial score (nSPS) is 15.3. The Bertz CT molecular complexity index is 4210. The van der Waals surface area contributed by atoms with Gasteiger partial charge < -0.3 is 111 Å². The van der Waals surface area contributed by atoms with E-state index in [-0.39, 0.29) is 102 Å². The van der Waals surface area contributed by atoms with E-state index in [1.54, 1.807) is 83.2 Å². The SMILES string of the molecule is CC=CC[C@H](NC(=O)CNC(=O)OCC1c2ccccc2-c2ccccc21)C(=O)N[C@@H](CC=C(C)C)C(=O)N[C@@H](CO)C(=O)N[C@@H](CC(=O)O)C(=O)N1CCCC1C(=O)N[C@@H](CCCNC(=N)N)C(=O)N[C@@H](C)C(=O)N[C@@H](C)C(=O)N[C@@H](Cc1cc2ccccc2[nH]1)C(=O)N[C@@H](CCCNC(=N)N)C(=O)N[C@@H](CC=C(C)C)C(N)=O. The van der Waals surface area contributed by atoms with Crippen molar-refractivity contribution in [2.24, 2.45) is 17.2 Å². The van der Waals surface area contributed by atoms with Gasteiger partial charge in [0.25, 0.3) is 0 Å². The maximum Gasteiger partial charge on any atom is 0.407 e. The van der Waals surface area contributed by atoms with Crippen LogP contribution >= 0.6 is 0 Å². The van der Waals surface area contributed by atoms with Crippen LogP contribution in [0.3, 0.4) is 0 Å². The maximum atomic E-state index is 14.5. The molecule has 37 heteroatoms. The van der Waals surface area contributed by atoms with Gasteiger partial charge >= 0.3 is 12.1 Å². The number of aromatic nitrogens is 1. The third-order valence-corrected chi connectivity index (χ3v) is 18.8. The van der Waals surface area contributed by atoms with Crippen LogP contribution in [-0.2, 0) is 73.5 Å². The number of alkyl carbamates (subject to hydrolysis) is 1. The molecule has 1 aliphatic carbocycles. The third-order valence-electron chi connectivity index (χ3n) is 18.8. The van der Waals surface area contributed by atoms with E-state index in [1.165, 1.54) is 13.8 Å². The summed E-state index contributed by atoms with van der Waals surface area (Å²) in [5.74, 6) is -13.8. The highest BCUT2D eigenvalue weighted by Gasteiger charge is 2.42. The van der Waals surface area contributed by atoms with Crippen molar-refractivity contribution in [3.63, 3.8) is 0 Å². The highest BCUT2D eigenvalue weighted by atomic mass is 16.5. The molecule has 11 atom stereocenters. The van der Waals surface area contributed by atoms with Crippen LogP contribution in [-0.4, -0.2) is 221 Å². The quantitative estimate of drug-likeness (QED) is 0.0112. The minimum Gasteiger partial charge on any atom is -0.481 e. The Labute approximate surface area is 665 Å². The number of H-pyrrole nitrogens is 1. The molecule has 1 fully saturated rings. The molecular formula is C78H108N20O17. The zero-order chi connectivity index (χ0) is 84.6. The molecule has 2 heterocycles. The van der Waals surface area contributed by atoms with Crippen LogP contribution < -0.4 is 86.3 Å². The number of amides is 13. The molecule has 4 aromatic rings. The monoisotopic (exact) mass is 1600 g/mol. The highest BCUT2D eigenvalue weighted by molar-refractivity contribution is 6.00. The molecule has 1 unspecified atom stereocenters. The van der Waals surface area contributed by atoms with Crippen molar-refractivity contribution < 1.29 is 82.1 Å². The lowest BCUT2D eigenvalue weighted by Crippen LogP contribution is -2.61. The number of fused-ring (bicyclic) bond motifs is 4. The van der Waals surface area contributed by atoms with E-state index in [0.29, 0.717) is 16.8 Å². The molecule has 0 saturated carbocycles. The number of ether oxygens (including phenoxy) is 1. The Hall–Kier alpha value is -12.7. The topological polar surface area (TPSA) is 590 Å². The summed E-state index contributed by atoms with van der Waals surface area (Å²) in [6.45, 7) is 9.46. The molecule has 0 spiro atoms. The van der Waals surface area contributed by atoms with Crippen molar-refractivity contribution in [1.82, 2.24) is 79.0 Å². The average Bonchev–Trinajstić information content (AvgIpc) is 1.62. The van der Waals surface area contributed by atoms with Crippen LogP contribution in [0.2, 0.25) is 0 Å². The van der Waals surface area contributed by atoms with Gasteiger partial charge in [-0.1, -0.05) is 102 Å². The number of hydrogen-bond donors (Lipinski definition) is 21. The number of allylic oxidation sites excluding steroid dienone is 3. The zero-order valence-electron chi connectivity index (χ0n) is 65.5. The highest BCUT2D eigenvalue weighted by Crippen LogP contribution is 2.44. The predicted octanol–water partition coefficient (Wildman–Crippen LogP) is -0.714. The van der Waals surface area contributed by atoms with Gasteiger partial charge in [0.15, 0.2) is 11.9 Å². The molecule has 2 aliphatic rings. The number of carbonyl (C=O) groups is 14. The zero-order valence-corrected chi connectivity index (χ0v) is 65.5. The van der Waals surface area contributed by atoms with Crippen LogP contribution in [0.5, 0.6) is 0 Å². The number of rotatable bonds is 44. The Kier molecular flexibility index (Phi) is 35.8. The van der Waals surface area contributed by atoms with Gasteiger partial charge in [-0.2, -0.15) is 0 Å². The fourth-order valence-electron chi connectivity index (χ4n) is 12.8. The van der Waals surface area contributed by atoms with Crippen molar-refractivity contribution in [3.8, 4) is 11.1 Å². The van der Waals surface area contributed by atoms with Gasteiger partial charge in [-0.3, -0.25) is 73.1 Å². The molecule has 0 radical (unpaired) electrons. The molecule has 1 saturated heterocycles. The summed E-state index contributed by atoms with van der Waals surface area (Å²) in [6.07, 6.45) is 4.29. The summed E-state index contributed by atoms with van der Waals surface area (Å²) in [4.78, 5) is 197. The molecule has 13 amide bonds. The van der Waals surface area contributed by atoms with Crippen LogP contribution in [0.4, 0.5) is 4.79 Å². The number of primary amides is 1. The van der Waals surface area contributed by atoms with E-state index in [1.807, 2.05) is 54.6 Å². The second kappa shape index (κ2) is 45.1. The van der Waals surface area contributed by atoms with Crippen molar-refractivity contribution >= 4 is 106 Å². The minimum absolute atomic E-state index is 0.0198. The maximum absolute atomic E-state index is 14.5. The number of aromatic amines is 1. The number of aliphatic hydroxyl groups is 1. The van der Waals surface area contributed by atoms with E-state index < -0.39 is 175 Å². The lowest BCUT2D eigenvalue weighted by atomic mass is 9.98. The summed E-state index contributed by atoms with van der Waals surface area (Å²) >= 11 is 0. The van der Waals surface area contributed by atoms with Crippen LogP contribution in [0.1, 0.15) is 135 Å². The number of guanidine groups is 2. The van der Waals surface area contributed by atoms with Crippen molar-refractivity contribution in [2.75, 3.05) is 39.4 Å². The molecule has 6 rings (SSSR count). The number of benzene rings is 3. The Morgan fingerprint density at radius 1 is 0.574 bits per heavy atom. The average molecular weight is 1600 g/mol. The van der Waals surface area contributed by atoms with Crippen molar-refractivity contribution in [2.45, 2.75) is 191 Å². The fraction of sp³-hybridized carbons (Fsp3) is 0.462. The number of nitrogens with two attached hydrogens (primary N) is 3. The molecule has 24 N–H and O–H groups in total. The number of nitrogens with zero attached hydrogens (tertiary/aromatic N) is 1. The second-order valence-electron chi connectivity index (χ2n) is 28.5. The van der Waals surface area contributed by atoms with E-state index in [4.69, 9.17) is 32.8 Å². The molecule has 0 bridgehead atoms. The second-order valence-corrected chi connectivity index (χ2v) is 28.5. The van der Waals surface area contributed by atoms with Gasteiger partial charge in [0, 0.05) is 43.2 Å². The predicted molar refractivity (Wildman–Crippen MR) is 425 cm³/mol. The van der Waals surface area contributed by atoms with Crippen LogP contribution in [0.15, 0.2) is 114 Å². The molecule has 1 aromatic heterocycles. The Morgan fingerprint density at radius 3 is 1.62 bits per heavy atom. The van der Waals surface area contributed by atoms with Gasteiger partial charge in [-0.15, -0.1) is 0 Å². The lowest BCUT2D eigenvalue weighted by Gasteiger charge is -2.30. The standard InChI is InChI=1S/C78H108N20O17/c1-8-9-24-55(90-63(100)39-86-78(114)115-41-52-50-22-13-11-20-48(50)49-21-12-14-23-51(49)52)69(107)93-58(32-30-43(4)5)71(109)97-61(40-99)73(111)96-60(38-64(101)102)75(113)98-35-18-28-62(98)74(112)94-56(26-16-33-84-76(80)81)68(106)88-44(6)66(104)87-45(7)67(105)95-59(37-47-36-46-19-10-15-25-53(46)89-47)72(110)92-57(27-17-34-85-77(82)83)70(108)91-54(65(79)103)31-29-42(2)3/h8-15,19-23,25,29-30,36,44-45,52,54-62,89,99H,16-18,24,26-28,31-35,37-41H2,1-7H3,(H2,79,103)(H,86,114)(H,87,104)(H,88,106)(H,90,100)(H,91,108)(H,92,110)(H,93,107)(H,94,112)(H,95,105)(H,96,111)(H,97,109)(H,101,102)(H4,80,81,84)(H4,82,83,85)/t44-,45-,54-,55-,56-,57-,58-,59-,60-,61-,62?/m0/s1. The molecule has 3 aromatic carbocycles. The first-order valence-electron chi connectivity index (χ1n) is 37.8. The van der Waals surface area contributed by atoms with E-state index >= 15 is 0 Å². The van der Waals surface area contributed by atoms with Gasteiger partial charge in [0.1, 0.15) is 79.6 Å². The molecular weight excluding hydrogens is 1490 g/mol. The third kappa shape index (κ3) is 28.8. The van der Waals surface area contributed by atoms with Gasteiger partial charge in [0.2, 0.25) is 70.9 Å². The fourth-order valence-corrected chi connectivity index (χ4v) is 12.8. The number of aliphatic hydroxyl groups excluding tert-OH is 1. The van der Waals surface area contributed by atoms with E-state index in [0.717, 1.165) is 38.1 Å². The van der Waals surface area contributed by atoms with Gasteiger partial charge in [-0.05, 0) is 146 Å². The first-order valence-corrected chi connectivity index (χ1v) is 37.8. The summed E-state index contributed by atoms with van der Waals surface area (Å²) in [6, 6.07) is 8.16. The first kappa shape index (κ1) is 91.2. The number of aliphatic carboxylic acids is 1. The van der Waals surface area contributed by atoms with E-state index in [2.05, 4.69) is 74.1 Å². The first-order chi connectivity index (χ1) is 54.7. The number of likely N-dealkylation sites (tertiary alicyclic amines) is 1. The number of carboxylic acids is 1. The van der Waals surface area contributed by atoms with E-state index in [9.17, 15) is 77.3 Å². The number of hydrogen-bond acceptors (Lipinski definition) is 18. The summed E-state index contributed by atoms with van der Waals surface area (Å²) < 4.78 is 5.55. The number of carboxylic acid groups (broad SMARTS) is 1. The van der Waals surface area contributed by atoms with Crippen molar-refractivity contribution in [1.29, 1.82) is 10.8 Å². The molecule has 622 valence electrons. The minimum atomic E-state index is -1.94. The Morgan fingerprint density at radius 2 is 1.05 bits per heavy atom. The van der Waals surface area contributed by atoms with Crippen LogP contribution in [0, 0.1) is 10.8 Å². The summed E-state index contributed by atoms with van der Waals surface area (Å²) in [5, 5.41) is 69.5. The molecule has 1 aliphatic heterocycles. The summed E-state index contributed by atoms with van der Waals surface area (Å²) in [5.41, 5.74) is 23.3. The lowest BCUT2D eigenvalue weighted by molar-refractivity contribution is -0.146. The summed E-state index contributed by atoms with van der Waals surface area (Å²) in [7, 11) is 0. The molecule has 115 heavy (non-hydrogen) atoms. The number of para-hydroxylation sites is 1. The number of carbonyl (C=O) groups excluding carboxylic acids is 13. The van der Waals surface area contributed by atoms with Gasteiger partial charge in [0.05, 0.1) is 13.0 Å². The Balaban J connectivity index is 1.09. The largest absolute Gasteiger partial charge is 0.481 e. The van der Waals surface area contributed by atoms with Gasteiger partial charge in [-0.25, -0.2) is 4.79 Å². The molecule has 37 nitrogen and oxygen atoms in total. The van der Waals surface area contributed by atoms with Crippen molar-refractivity contribution in [3.05, 3.63) is 131 Å². The van der Waals surface area contributed by atoms with Crippen LogP contribution in [0.25, 0.3) is 22.0 Å².